The third-order valence-electron chi connectivity index (χ3n) is 4.29. The first kappa shape index (κ1) is 18.6. The number of nitrogens with one attached hydrogen (secondary N) is 2. The summed E-state index contributed by atoms with van der Waals surface area (Å²) < 4.78 is 0. The molecule has 0 saturated carbocycles. The lowest BCUT2D eigenvalue weighted by atomic mass is 10.1. The van der Waals surface area contributed by atoms with Gasteiger partial charge in [-0.15, -0.1) is 0 Å². The fourth-order valence-corrected chi connectivity index (χ4v) is 3.25. The van der Waals surface area contributed by atoms with E-state index in [1.54, 1.807) is 0 Å². The Hall–Kier alpha value is -1.69. The number of rotatable bonds is 5. The quantitative estimate of drug-likeness (QED) is 0.859. The van der Waals surface area contributed by atoms with E-state index >= 15 is 0 Å². The summed E-state index contributed by atoms with van der Waals surface area (Å²) in [4.78, 5) is 26.1. The van der Waals surface area contributed by atoms with Crippen molar-refractivity contribution < 1.29 is 9.59 Å². The number of hydrogen-bond acceptors (Lipinski definition) is 3. The molecule has 0 bridgehead atoms. The van der Waals surface area contributed by atoms with Crippen molar-refractivity contribution in [2.24, 2.45) is 5.92 Å². The molecule has 1 fully saturated rings. The fraction of sp³-hybridized carbons (Fsp3) is 0.556. The van der Waals surface area contributed by atoms with Gasteiger partial charge in [0.1, 0.15) is 0 Å². The smallest absolute Gasteiger partial charge is 0.319 e. The molecule has 24 heavy (non-hydrogen) atoms. The van der Waals surface area contributed by atoms with Crippen LogP contribution in [0.5, 0.6) is 0 Å². The number of amides is 3. The molecule has 1 aromatic carbocycles. The van der Waals surface area contributed by atoms with Gasteiger partial charge in [0.2, 0.25) is 5.91 Å². The molecule has 2 rings (SSSR count). The van der Waals surface area contributed by atoms with Crippen LogP contribution in [0.4, 0.5) is 10.5 Å². The highest BCUT2D eigenvalue weighted by molar-refractivity contribution is 7.99. The maximum absolute atomic E-state index is 12.3. The molecular formula is C18H27N3O2S. The van der Waals surface area contributed by atoms with Crippen molar-refractivity contribution in [1.82, 2.24) is 10.2 Å². The lowest BCUT2D eigenvalue weighted by molar-refractivity contribution is -0.130. The highest BCUT2D eigenvalue weighted by Gasteiger charge is 2.17. The fourth-order valence-electron chi connectivity index (χ4n) is 2.35. The van der Waals surface area contributed by atoms with Gasteiger partial charge in [-0.1, -0.05) is 26.0 Å². The van der Waals surface area contributed by atoms with Crippen LogP contribution in [0.3, 0.4) is 0 Å². The Kier molecular flexibility index (Phi) is 6.97. The Morgan fingerprint density at radius 3 is 2.33 bits per heavy atom. The second-order valence-corrected chi connectivity index (χ2v) is 7.72. The van der Waals surface area contributed by atoms with Gasteiger partial charge >= 0.3 is 6.03 Å². The second kappa shape index (κ2) is 8.97. The highest BCUT2D eigenvalue weighted by atomic mass is 32.2. The Balaban J connectivity index is 1.84. The molecule has 1 heterocycles. The van der Waals surface area contributed by atoms with Crippen molar-refractivity contribution in [1.29, 1.82) is 0 Å². The number of urea groups is 1. The van der Waals surface area contributed by atoms with Crippen molar-refractivity contribution in [3.05, 3.63) is 29.8 Å². The molecule has 132 valence electrons. The van der Waals surface area contributed by atoms with Crippen LogP contribution in [-0.4, -0.2) is 47.5 Å². The standard InChI is InChI=1S/C18H27N3O2S/c1-13(2)14(3)19-18(23)20-16-6-4-15(5-7-16)12-17(22)21-8-10-24-11-9-21/h4-7,13-14H,8-12H2,1-3H3,(H2,19,20,23)/t14-/m0/s1. The minimum absolute atomic E-state index is 0.115. The van der Waals surface area contributed by atoms with Crippen molar-refractivity contribution >= 4 is 29.4 Å². The second-order valence-electron chi connectivity index (χ2n) is 6.50. The number of carbonyl (C=O) groups is 2. The summed E-state index contributed by atoms with van der Waals surface area (Å²) in [7, 11) is 0. The number of carbonyl (C=O) groups excluding carboxylic acids is 2. The molecule has 1 atom stereocenters. The molecule has 0 aliphatic carbocycles. The molecule has 5 nitrogen and oxygen atoms in total. The van der Waals surface area contributed by atoms with E-state index in [-0.39, 0.29) is 18.0 Å². The largest absolute Gasteiger partial charge is 0.341 e. The van der Waals surface area contributed by atoms with Crippen molar-refractivity contribution in [3.63, 3.8) is 0 Å². The van der Waals surface area contributed by atoms with Crippen LogP contribution in [0, 0.1) is 5.92 Å². The predicted molar refractivity (Wildman–Crippen MR) is 101 cm³/mol. The molecule has 1 aromatic rings. The third kappa shape index (κ3) is 5.74. The highest BCUT2D eigenvalue weighted by Crippen LogP contribution is 2.14. The van der Waals surface area contributed by atoms with Crippen molar-refractivity contribution in [2.45, 2.75) is 33.2 Å². The zero-order valence-corrected chi connectivity index (χ0v) is 15.5. The van der Waals surface area contributed by atoms with E-state index in [0.29, 0.717) is 12.3 Å². The van der Waals surface area contributed by atoms with Gasteiger partial charge in [0, 0.05) is 36.3 Å². The maximum atomic E-state index is 12.3. The van der Waals surface area contributed by atoms with Gasteiger partial charge < -0.3 is 15.5 Å². The van der Waals surface area contributed by atoms with E-state index < -0.39 is 0 Å². The summed E-state index contributed by atoms with van der Waals surface area (Å²) in [5, 5.41) is 5.73. The molecule has 3 amide bonds. The lowest BCUT2D eigenvalue weighted by Gasteiger charge is -2.26. The average Bonchev–Trinajstić information content (AvgIpc) is 2.57. The summed E-state index contributed by atoms with van der Waals surface area (Å²) in [5.74, 6) is 2.62. The molecule has 0 aromatic heterocycles. The van der Waals surface area contributed by atoms with E-state index in [0.717, 1.165) is 35.8 Å². The average molecular weight is 350 g/mol. The molecule has 6 heteroatoms. The van der Waals surface area contributed by atoms with Crippen LogP contribution in [0.2, 0.25) is 0 Å². The zero-order valence-electron chi connectivity index (χ0n) is 14.7. The van der Waals surface area contributed by atoms with Crippen LogP contribution in [-0.2, 0) is 11.2 Å². The van der Waals surface area contributed by atoms with Crippen molar-refractivity contribution in [2.75, 3.05) is 29.9 Å². The van der Waals surface area contributed by atoms with E-state index in [4.69, 9.17) is 0 Å². The molecule has 1 saturated heterocycles. The van der Waals surface area contributed by atoms with Gasteiger partial charge in [0.05, 0.1) is 6.42 Å². The molecule has 0 unspecified atom stereocenters. The van der Waals surface area contributed by atoms with Gasteiger partial charge in [-0.05, 0) is 30.5 Å². The van der Waals surface area contributed by atoms with Crippen LogP contribution >= 0.6 is 11.8 Å². The summed E-state index contributed by atoms with van der Waals surface area (Å²) in [6.45, 7) is 7.81. The Labute approximate surface area is 148 Å². The number of hydrogen-bond donors (Lipinski definition) is 2. The van der Waals surface area contributed by atoms with E-state index in [1.165, 1.54) is 0 Å². The number of benzene rings is 1. The van der Waals surface area contributed by atoms with E-state index in [9.17, 15) is 9.59 Å². The van der Waals surface area contributed by atoms with Gasteiger partial charge in [0.25, 0.3) is 0 Å². The molecule has 2 N–H and O–H groups in total. The molecule has 0 radical (unpaired) electrons. The minimum atomic E-state index is -0.203. The molecule has 1 aliphatic rings. The maximum Gasteiger partial charge on any atom is 0.319 e. The normalized spacial score (nSPS) is 15.9. The monoisotopic (exact) mass is 349 g/mol. The Bertz CT molecular complexity index is 554. The Morgan fingerprint density at radius 2 is 1.75 bits per heavy atom. The SMILES string of the molecule is CC(C)[C@H](C)NC(=O)Nc1ccc(CC(=O)N2CCSCC2)cc1. The number of anilines is 1. The zero-order chi connectivity index (χ0) is 17.5. The lowest BCUT2D eigenvalue weighted by Crippen LogP contribution is -2.39. The van der Waals surface area contributed by atoms with Crippen LogP contribution in [0.15, 0.2) is 24.3 Å². The summed E-state index contributed by atoms with van der Waals surface area (Å²) >= 11 is 1.90. The summed E-state index contributed by atoms with van der Waals surface area (Å²) in [6.07, 6.45) is 0.418. The van der Waals surface area contributed by atoms with Crippen LogP contribution in [0.1, 0.15) is 26.3 Å². The van der Waals surface area contributed by atoms with Crippen LogP contribution < -0.4 is 10.6 Å². The third-order valence-corrected chi connectivity index (χ3v) is 5.23. The Morgan fingerprint density at radius 1 is 1.12 bits per heavy atom. The minimum Gasteiger partial charge on any atom is -0.341 e. The first-order valence-electron chi connectivity index (χ1n) is 8.47. The van der Waals surface area contributed by atoms with E-state index in [2.05, 4.69) is 24.5 Å². The molecule has 1 aliphatic heterocycles. The van der Waals surface area contributed by atoms with Gasteiger partial charge in [-0.3, -0.25) is 4.79 Å². The molecular weight excluding hydrogens is 322 g/mol. The number of thioether (sulfide) groups is 1. The first-order chi connectivity index (χ1) is 11.5. The van der Waals surface area contributed by atoms with Gasteiger partial charge in [0.15, 0.2) is 0 Å². The van der Waals surface area contributed by atoms with Crippen LogP contribution in [0.25, 0.3) is 0 Å². The van der Waals surface area contributed by atoms with E-state index in [1.807, 2.05) is 47.9 Å². The molecule has 0 spiro atoms. The predicted octanol–water partition coefficient (Wildman–Crippen LogP) is 2.97. The summed E-state index contributed by atoms with van der Waals surface area (Å²) in [6, 6.07) is 7.40. The topological polar surface area (TPSA) is 61.4 Å². The summed E-state index contributed by atoms with van der Waals surface area (Å²) in [5.41, 5.74) is 1.70. The first-order valence-corrected chi connectivity index (χ1v) is 9.63. The number of nitrogens with zero attached hydrogens (tertiary/aromatic N) is 1. The van der Waals surface area contributed by atoms with Gasteiger partial charge in [-0.2, -0.15) is 11.8 Å². The van der Waals surface area contributed by atoms with Crippen molar-refractivity contribution in [3.8, 4) is 0 Å². The van der Waals surface area contributed by atoms with Gasteiger partial charge in [-0.25, -0.2) is 4.79 Å².